The Morgan fingerprint density at radius 2 is 2.14 bits per heavy atom. The van der Waals surface area contributed by atoms with Crippen LogP contribution < -0.4 is 0 Å². The molecule has 0 amide bonds. The van der Waals surface area contributed by atoms with Crippen LogP contribution in [0.15, 0.2) is 5.16 Å². The van der Waals surface area contributed by atoms with Gasteiger partial charge in [-0.3, -0.25) is 9.48 Å². The van der Waals surface area contributed by atoms with E-state index in [-0.39, 0.29) is 11.8 Å². The number of carboxylic acids is 1. The van der Waals surface area contributed by atoms with Crippen molar-refractivity contribution < 1.29 is 9.90 Å². The minimum Gasteiger partial charge on any atom is -0.481 e. The molecule has 0 saturated heterocycles. The average molecular weight is 310 g/mol. The molecule has 0 bridgehead atoms. The number of nitrogens with zero attached hydrogens (tertiary/aromatic N) is 4. The van der Waals surface area contributed by atoms with Gasteiger partial charge in [0.05, 0.1) is 11.4 Å². The number of imidazole rings is 1. The van der Waals surface area contributed by atoms with E-state index in [9.17, 15) is 4.79 Å². The number of rotatable bonds is 7. The number of hydrogen-bond acceptors (Lipinski definition) is 4. The van der Waals surface area contributed by atoms with E-state index in [4.69, 9.17) is 5.11 Å². The largest absolute Gasteiger partial charge is 0.481 e. The van der Waals surface area contributed by atoms with Crippen molar-refractivity contribution in [3.63, 3.8) is 0 Å². The molecule has 1 unspecified atom stereocenters. The SMILES string of the molecule is CCCC(C)n1c(SCC(=O)O)nc2c(CC)nn(C)c21. The number of hydrogen-bond donors (Lipinski definition) is 1. The molecule has 0 aliphatic heterocycles. The maximum atomic E-state index is 10.8. The summed E-state index contributed by atoms with van der Waals surface area (Å²) in [6, 6.07) is 0.274. The van der Waals surface area contributed by atoms with Crippen LogP contribution in [0.4, 0.5) is 0 Å². The van der Waals surface area contributed by atoms with Gasteiger partial charge in [-0.05, 0) is 19.8 Å². The molecule has 0 aromatic carbocycles. The van der Waals surface area contributed by atoms with Gasteiger partial charge in [-0.1, -0.05) is 32.0 Å². The predicted octanol–water partition coefficient (Wildman–Crippen LogP) is 2.87. The number of fused-ring (bicyclic) bond motifs is 1. The average Bonchev–Trinajstić information content (AvgIpc) is 2.94. The zero-order chi connectivity index (χ0) is 15.6. The van der Waals surface area contributed by atoms with Gasteiger partial charge < -0.3 is 9.67 Å². The molecule has 1 atom stereocenters. The Bertz CT molecular complexity index is 647. The number of aliphatic carboxylic acids is 1. The molecule has 1 N–H and O–H groups in total. The van der Waals surface area contributed by atoms with Crippen LogP contribution in [0, 0.1) is 0 Å². The van der Waals surface area contributed by atoms with Crippen molar-refractivity contribution in [1.29, 1.82) is 0 Å². The Labute approximate surface area is 128 Å². The van der Waals surface area contributed by atoms with Crippen LogP contribution in [0.5, 0.6) is 0 Å². The number of aryl methyl sites for hydroxylation is 2. The Kier molecular flexibility index (Phi) is 4.92. The molecule has 2 aromatic rings. The second-order valence-corrected chi connectivity index (χ2v) is 6.12. The maximum Gasteiger partial charge on any atom is 0.313 e. The van der Waals surface area contributed by atoms with E-state index in [1.54, 1.807) is 0 Å². The minimum absolute atomic E-state index is 0.0249. The molecule has 0 saturated carbocycles. The Hall–Kier alpha value is -1.50. The molecular formula is C14H22N4O2S. The molecule has 116 valence electrons. The van der Waals surface area contributed by atoms with Crippen molar-refractivity contribution in [2.45, 2.75) is 51.2 Å². The Balaban J connectivity index is 2.54. The number of carboxylic acid groups (broad SMARTS) is 1. The summed E-state index contributed by atoms with van der Waals surface area (Å²) in [4.78, 5) is 15.5. The number of thioether (sulfide) groups is 1. The van der Waals surface area contributed by atoms with Gasteiger partial charge in [0.25, 0.3) is 0 Å². The summed E-state index contributed by atoms with van der Waals surface area (Å²) in [6.45, 7) is 6.35. The molecule has 21 heavy (non-hydrogen) atoms. The van der Waals surface area contributed by atoms with Crippen molar-refractivity contribution >= 4 is 28.9 Å². The van der Waals surface area contributed by atoms with Crippen LogP contribution >= 0.6 is 11.8 Å². The maximum absolute atomic E-state index is 10.8. The molecule has 7 heteroatoms. The zero-order valence-corrected chi connectivity index (χ0v) is 13.8. The van der Waals surface area contributed by atoms with E-state index in [0.717, 1.165) is 41.3 Å². The highest BCUT2D eigenvalue weighted by Crippen LogP contribution is 2.31. The summed E-state index contributed by atoms with van der Waals surface area (Å²) in [5, 5.41) is 14.2. The molecule has 0 fully saturated rings. The first-order chi connectivity index (χ1) is 9.99. The quantitative estimate of drug-likeness (QED) is 0.796. The highest BCUT2D eigenvalue weighted by molar-refractivity contribution is 7.99. The summed E-state index contributed by atoms with van der Waals surface area (Å²) < 4.78 is 4.00. The van der Waals surface area contributed by atoms with Crippen LogP contribution in [-0.2, 0) is 18.3 Å². The molecule has 0 aliphatic carbocycles. The van der Waals surface area contributed by atoms with E-state index in [0.29, 0.717) is 0 Å². The highest BCUT2D eigenvalue weighted by atomic mass is 32.2. The number of carbonyl (C=O) groups is 1. The molecular weight excluding hydrogens is 288 g/mol. The first-order valence-corrected chi connectivity index (χ1v) is 8.26. The summed E-state index contributed by atoms with van der Waals surface area (Å²) in [6.07, 6.45) is 2.92. The lowest BCUT2D eigenvalue weighted by atomic mass is 10.2. The topological polar surface area (TPSA) is 72.9 Å². The first-order valence-electron chi connectivity index (χ1n) is 7.27. The lowest BCUT2D eigenvalue weighted by molar-refractivity contribution is -0.133. The van der Waals surface area contributed by atoms with Gasteiger partial charge in [0.1, 0.15) is 5.52 Å². The smallest absolute Gasteiger partial charge is 0.313 e. The molecule has 0 spiro atoms. The lowest BCUT2D eigenvalue weighted by Crippen LogP contribution is -2.10. The van der Waals surface area contributed by atoms with E-state index in [1.807, 2.05) is 11.7 Å². The fraction of sp³-hybridized carbons (Fsp3) is 0.643. The third kappa shape index (κ3) is 3.07. The zero-order valence-electron chi connectivity index (χ0n) is 13.0. The van der Waals surface area contributed by atoms with E-state index in [2.05, 4.69) is 35.4 Å². The molecule has 0 aliphatic rings. The van der Waals surface area contributed by atoms with Crippen LogP contribution in [0.2, 0.25) is 0 Å². The van der Waals surface area contributed by atoms with Crippen molar-refractivity contribution in [3.8, 4) is 0 Å². The summed E-state index contributed by atoms with van der Waals surface area (Å²) in [5.74, 6) is -0.799. The fourth-order valence-corrected chi connectivity index (χ4v) is 3.41. The lowest BCUT2D eigenvalue weighted by Gasteiger charge is -2.16. The van der Waals surface area contributed by atoms with Gasteiger partial charge in [-0.15, -0.1) is 0 Å². The summed E-state index contributed by atoms with van der Waals surface area (Å²) >= 11 is 1.28. The second-order valence-electron chi connectivity index (χ2n) is 5.18. The highest BCUT2D eigenvalue weighted by Gasteiger charge is 2.22. The Morgan fingerprint density at radius 3 is 2.71 bits per heavy atom. The molecule has 2 rings (SSSR count). The summed E-state index contributed by atoms with van der Waals surface area (Å²) in [5.41, 5.74) is 2.85. The number of aromatic nitrogens is 4. The van der Waals surface area contributed by atoms with Crippen LogP contribution in [-0.4, -0.2) is 36.2 Å². The third-order valence-corrected chi connectivity index (χ3v) is 4.45. The van der Waals surface area contributed by atoms with Gasteiger partial charge in [0.15, 0.2) is 10.8 Å². The fourth-order valence-electron chi connectivity index (χ4n) is 2.59. The van der Waals surface area contributed by atoms with Crippen molar-refractivity contribution in [1.82, 2.24) is 19.3 Å². The third-order valence-electron chi connectivity index (χ3n) is 3.51. The standard InChI is InChI=1S/C14H22N4O2S/c1-5-7-9(3)18-13-12(10(6-2)16-17(13)4)15-14(18)21-8-11(19)20/h9H,5-8H2,1-4H3,(H,19,20). The van der Waals surface area contributed by atoms with Gasteiger partial charge in [-0.2, -0.15) is 5.10 Å². The molecule has 2 heterocycles. The van der Waals surface area contributed by atoms with Crippen LogP contribution in [0.25, 0.3) is 11.2 Å². The monoisotopic (exact) mass is 310 g/mol. The van der Waals surface area contributed by atoms with E-state index in [1.165, 1.54) is 11.8 Å². The van der Waals surface area contributed by atoms with Gasteiger partial charge >= 0.3 is 5.97 Å². The van der Waals surface area contributed by atoms with Crippen molar-refractivity contribution in [2.75, 3.05) is 5.75 Å². The normalized spacial score (nSPS) is 13.0. The van der Waals surface area contributed by atoms with Gasteiger partial charge in [-0.25, -0.2) is 4.98 Å². The molecule has 2 aromatic heterocycles. The minimum atomic E-state index is -0.824. The summed E-state index contributed by atoms with van der Waals surface area (Å²) in [7, 11) is 1.92. The molecule has 6 nitrogen and oxygen atoms in total. The van der Waals surface area contributed by atoms with Gasteiger partial charge in [0, 0.05) is 13.1 Å². The van der Waals surface area contributed by atoms with Crippen molar-refractivity contribution in [2.24, 2.45) is 7.05 Å². The van der Waals surface area contributed by atoms with Crippen LogP contribution in [0.1, 0.15) is 45.3 Å². The second kappa shape index (κ2) is 6.51. The van der Waals surface area contributed by atoms with Gasteiger partial charge in [0.2, 0.25) is 0 Å². The van der Waals surface area contributed by atoms with Crippen LogP contribution in [0.3, 0.4) is 0 Å². The first kappa shape index (κ1) is 15.9. The molecule has 0 radical (unpaired) electrons. The van der Waals surface area contributed by atoms with E-state index >= 15 is 0 Å². The van der Waals surface area contributed by atoms with Crippen molar-refractivity contribution in [3.05, 3.63) is 5.69 Å². The Morgan fingerprint density at radius 1 is 1.43 bits per heavy atom. The van der Waals surface area contributed by atoms with E-state index < -0.39 is 5.97 Å². The predicted molar refractivity (Wildman–Crippen MR) is 83.9 cm³/mol.